The molecule has 0 saturated carbocycles. The average molecular weight is 309 g/mol. The number of H-pyrrole nitrogens is 1. The molecule has 5 heteroatoms. The zero-order valence-electron chi connectivity index (χ0n) is 10.1. The molecule has 0 spiro atoms. The predicted octanol–water partition coefficient (Wildman–Crippen LogP) is 3.03. The molecule has 2 aromatic rings. The molecule has 0 fully saturated rings. The molecule has 18 heavy (non-hydrogen) atoms. The Kier molecular flexibility index (Phi) is 3.52. The van der Waals surface area contributed by atoms with E-state index < -0.39 is 0 Å². The minimum atomic E-state index is -0.216. The van der Waals surface area contributed by atoms with Crippen LogP contribution in [-0.4, -0.2) is 15.1 Å². The van der Waals surface area contributed by atoms with Gasteiger partial charge in [-0.15, -0.1) is 0 Å². The Morgan fingerprint density at radius 1 is 1.39 bits per heavy atom. The van der Waals surface area contributed by atoms with Crippen LogP contribution < -0.4 is 5.56 Å². The molecule has 1 heterocycles. The maximum atomic E-state index is 11.8. The standard InChI is InChI=1S/C13H13BrN2O2/c1-7(2)11-10(14)13(18)16-12(15-11)8-4-3-5-9(17)6-8/h3-7,17H,1-2H3,(H,15,16,18). The first-order valence-corrected chi connectivity index (χ1v) is 6.37. The van der Waals surface area contributed by atoms with Crippen molar-refractivity contribution in [3.63, 3.8) is 0 Å². The van der Waals surface area contributed by atoms with Gasteiger partial charge in [0.2, 0.25) is 0 Å². The van der Waals surface area contributed by atoms with E-state index in [0.29, 0.717) is 21.6 Å². The number of nitrogens with zero attached hydrogens (tertiary/aromatic N) is 1. The molecule has 94 valence electrons. The smallest absolute Gasteiger partial charge is 0.265 e. The van der Waals surface area contributed by atoms with Crippen molar-refractivity contribution in [1.82, 2.24) is 9.97 Å². The number of hydrogen-bond acceptors (Lipinski definition) is 3. The van der Waals surface area contributed by atoms with E-state index >= 15 is 0 Å². The van der Waals surface area contributed by atoms with Crippen molar-refractivity contribution >= 4 is 15.9 Å². The first kappa shape index (κ1) is 12.8. The van der Waals surface area contributed by atoms with Crippen LogP contribution in [0.5, 0.6) is 5.75 Å². The molecule has 0 atom stereocenters. The Balaban J connectivity index is 2.63. The first-order valence-electron chi connectivity index (χ1n) is 5.58. The Bertz CT molecular complexity index is 635. The molecule has 0 saturated heterocycles. The van der Waals surface area contributed by atoms with Gasteiger partial charge in [0, 0.05) is 5.56 Å². The minimum absolute atomic E-state index is 0.137. The quantitative estimate of drug-likeness (QED) is 0.896. The average Bonchev–Trinajstić information content (AvgIpc) is 2.32. The summed E-state index contributed by atoms with van der Waals surface area (Å²) in [6, 6.07) is 6.64. The number of phenolic OH excluding ortho intramolecular Hbond substituents is 1. The lowest BCUT2D eigenvalue weighted by molar-refractivity contribution is 0.475. The molecular formula is C13H13BrN2O2. The van der Waals surface area contributed by atoms with Crippen LogP contribution in [0.15, 0.2) is 33.5 Å². The topological polar surface area (TPSA) is 66.0 Å². The molecule has 2 rings (SSSR count). The van der Waals surface area contributed by atoms with Gasteiger partial charge in [-0.2, -0.15) is 0 Å². The van der Waals surface area contributed by atoms with E-state index in [0.717, 1.165) is 0 Å². The zero-order chi connectivity index (χ0) is 13.3. The number of benzene rings is 1. The monoisotopic (exact) mass is 308 g/mol. The highest BCUT2D eigenvalue weighted by atomic mass is 79.9. The second kappa shape index (κ2) is 4.94. The Morgan fingerprint density at radius 2 is 2.11 bits per heavy atom. The molecule has 0 radical (unpaired) electrons. The normalized spacial score (nSPS) is 10.9. The molecule has 1 aromatic heterocycles. The van der Waals surface area contributed by atoms with Crippen molar-refractivity contribution in [2.45, 2.75) is 19.8 Å². The molecule has 0 aliphatic carbocycles. The summed E-state index contributed by atoms with van der Waals surface area (Å²) in [4.78, 5) is 18.9. The summed E-state index contributed by atoms with van der Waals surface area (Å²) in [5.74, 6) is 0.740. The largest absolute Gasteiger partial charge is 0.508 e. The fourth-order valence-corrected chi connectivity index (χ4v) is 2.29. The summed E-state index contributed by atoms with van der Waals surface area (Å²) in [5, 5.41) is 9.45. The van der Waals surface area contributed by atoms with Gasteiger partial charge in [0.25, 0.3) is 5.56 Å². The number of aromatic amines is 1. The number of aromatic nitrogens is 2. The molecule has 0 aliphatic heterocycles. The number of halogens is 1. The predicted molar refractivity (Wildman–Crippen MR) is 73.7 cm³/mol. The summed E-state index contributed by atoms with van der Waals surface area (Å²) in [6.07, 6.45) is 0. The van der Waals surface area contributed by atoms with Crippen LogP contribution in [0, 0.1) is 0 Å². The molecule has 4 nitrogen and oxygen atoms in total. The highest BCUT2D eigenvalue weighted by Crippen LogP contribution is 2.24. The van der Waals surface area contributed by atoms with Gasteiger partial charge in [-0.1, -0.05) is 26.0 Å². The van der Waals surface area contributed by atoms with Gasteiger partial charge in [0.15, 0.2) is 0 Å². The first-order chi connectivity index (χ1) is 8.49. The number of hydrogen-bond donors (Lipinski definition) is 2. The van der Waals surface area contributed by atoms with Gasteiger partial charge in [-0.05, 0) is 34.0 Å². The van der Waals surface area contributed by atoms with Gasteiger partial charge in [-0.3, -0.25) is 4.79 Å². The Labute approximate surface area is 113 Å². The third kappa shape index (κ3) is 2.46. The van der Waals surface area contributed by atoms with Crippen molar-refractivity contribution in [3.05, 3.63) is 44.8 Å². The van der Waals surface area contributed by atoms with E-state index in [1.165, 1.54) is 0 Å². The lowest BCUT2D eigenvalue weighted by Gasteiger charge is -2.09. The molecule has 0 bridgehead atoms. The van der Waals surface area contributed by atoms with Gasteiger partial charge >= 0.3 is 0 Å². The van der Waals surface area contributed by atoms with Crippen LogP contribution in [0.4, 0.5) is 0 Å². The Morgan fingerprint density at radius 3 is 2.72 bits per heavy atom. The van der Waals surface area contributed by atoms with Crippen molar-refractivity contribution in [2.24, 2.45) is 0 Å². The van der Waals surface area contributed by atoms with Gasteiger partial charge in [-0.25, -0.2) is 4.98 Å². The maximum absolute atomic E-state index is 11.8. The fraction of sp³-hybridized carbons (Fsp3) is 0.231. The lowest BCUT2D eigenvalue weighted by Crippen LogP contribution is -2.14. The Hall–Kier alpha value is -1.62. The van der Waals surface area contributed by atoms with Crippen molar-refractivity contribution in [1.29, 1.82) is 0 Å². The molecule has 0 aliphatic rings. The maximum Gasteiger partial charge on any atom is 0.265 e. The number of aromatic hydroxyl groups is 1. The van der Waals surface area contributed by atoms with Gasteiger partial charge < -0.3 is 10.1 Å². The highest BCUT2D eigenvalue weighted by molar-refractivity contribution is 9.10. The summed E-state index contributed by atoms with van der Waals surface area (Å²) < 4.78 is 0.460. The van der Waals surface area contributed by atoms with Crippen LogP contribution in [0.25, 0.3) is 11.4 Å². The third-order valence-electron chi connectivity index (χ3n) is 2.55. The third-order valence-corrected chi connectivity index (χ3v) is 3.32. The number of nitrogens with one attached hydrogen (secondary N) is 1. The van der Waals surface area contributed by atoms with E-state index in [1.807, 2.05) is 13.8 Å². The summed E-state index contributed by atoms with van der Waals surface area (Å²) >= 11 is 3.25. The molecule has 0 unspecified atom stereocenters. The van der Waals surface area contributed by atoms with Crippen LogP contribution in [0.1, 0.15) is 25.5 Å². The van der Waals surface area contributed by atoms with E-state index in [1.54, 1.807) is 24.3 Å². The lowest BCUT2D eigenvalue weighted by atomic mass is 10.1. The van der Waals surface area contributed by atoms with Gasteiger partial charge in [0.05, 0.1) is 5.69 Å². The van der Waals surface area contributed by atoms with Gasteiger partial charge in [0.1, 0.15) is 16.0 Å². The van der Waals surface area contributed by atoms with Crippen LogP contribution in [-0.2, 0) is 0 Å². The SMILES string of the molecule is CC(C)c1nc(-c2cccc(O)c2)[nH]c(=O)c1Br. The van der Waals surface area contributed by atoms with Crippen molar-refractivity contribution in [3.8, 4) is 17.1 Å². The van der Waals surface area contributed by atoms with Crippen LogP contribution >= 0.6 is 15.9 Å². The van der Waals surface area contributed by atoms with Crippen molar-refractivity contribution < 1.29 is 5.11 Å². The second-order valence-corrected chi connectivity index (χ2v) is 5.11. The van der Waals surface area contributed by atoms with Crippen LogP contribution in [0.2, 0.25) is 0 Å². The molecule has 2 N–H and O–H groups in total. The van der Waals surface area contributed by atoms with Crippen molar-refractivity contribution in [2.75, 3.05) is 0 Å². The summed E-state index contributed by atoms with van der Waals surface area (Å²) in [7, 11) is 0. The van der Waals surface area contributed by atoms with E-state index in [9.17, 15) is 9.90 Å². The molecular weight excluding hydrogens is 296 g/mol. The summed E-state index contributed by atoms with van der Waals surface area (Å²) in [5.41, 5.74) is 1.17. The second-order valence-electron chi connectivity index (χ2n) is 4.32. The fourth-order valence-electron chi connectivity index (χ4n) is 1.65. The molecule has 1 aromatic carbocycles. The van der Waals surface area contributed by atoms with E-state index in [-0.39, 0.29) is 17.2 Å². The minimum Gasteiger partial charge on any atom is -0.508 e. The summed E-state index contributed by atoms with van der Waals surface area (Å²) in [6.45, 7) is 3.94. The van der Waals surface area contributed by atoms with E-state index in [4.69, 9.17) is 0 Å². The number of phenols is 1. The highest BCUT2D eigenvalue weighted by Gasteiger charge is 2.13. The van der Waals surface area contributed by atoms with Crippen LogP contribution in [0.3, 0.4) is 0 Å². The van der Waals surface area contributed by atoms with E-state index in [2.05, 4.69) is 25.9 Å². The molecule has 0 amide bonds. The zero-order valence-corrected chi connectivity index (χ0v) is 11.7. The number of rotatable bonds is 2.